The number of para-hydroxylation sites is 1. The first kappa shape index (κ1) is 29.0. The van der Waals surface area contributed by atoms with Crippen molar-refractivity contribution in [2.24, 2.45) is 0 Å². The number of carbonyl (C=O) groups is 1. The first-order valence-corrected chi connectivity index (χ1v) is 15.8. The molecule has 3 aromatic carbocycles. The second kappa shape index (κ2) is 11.4. The van der Waals surface area contributed by atoms with Crippen LogP contribution in [0.25, 0.3) is 22.5 Å². The molecule has 8 rings (SSSR count). The first-order chi connectivity index (χ1) is 22.3. The Morgan fingerprint density at radius 3 is 2.52 bits per heavy atom. The molecule has 2 saturated heterocycles. The monoisotopic (exact) mass is 662 g/mol. The Balaban J connectivity index is 1.10. The Morgan fingerprint density at radius 2 is 1.83 bits per heavy atom. The van der Waals surface area contributed by atoms with E-state index in [2.05, 4.69) is 42.4 Å². The smallest absolute Gasteiger partial charge is 0.259 e. The number of halogens is 3. The number of benzene rings is 3. The van der Waals surface area contributed by atoms with E-state index in [1.807, 2.05) is 24.4 Å². The summed E-state index contributed by atoms with van der Waals surface area (Å²) in [5.74, 6) is 0.877. The second-order valence-electron chi connectivity index (χ2n) is 11.9. The van der Waals surface area contributed by atoms with E-state index in [-0.39, 0.29) is 36.6 Å². The number of aromatic nitrogens is 4. The molecule has 2 bridgehead atoms. The molecule has 0 radical (unpaired) electrons. The Kier molecular flexibility index (Phi) is 7.23. The maximum atomic E-state index is 16.0. The molecule has 46 heavy (non-hydrogen) atoms. The number of piperazine rings is 1. The largest absolute Gasteiger partial charge is 0.494 e. The Labute approximate surface area is 274 Å². The highest BCUT2D eigenvalue weighted by Gasteiger charge is 2.36. The van der Waals surface area contributed by atoms with Gasteiger partial charge in [0.05, 0.1) is 33.9 Å². The van der Waals surface area contributed by atoms with Crippen LogP contribution in [0, 0.1) is 5.82 Å². The van der Waals surface area contributed by atoms with Gasteiger partial charge < -0.3 is 29.1 Å². The maximum Gasteiger partial charge on any atom is 0.259 e. The van der Waals surface area contributed by atoms with Crippen LogP contribution >= 0.6 is 23.2 Å². The fourth-order valence-corrected chi connectivity index (χ4v) is 7.21. The summed E-state index contributed by atoms with van der Waals surface area (Å²) in [5, 5.41) is 14.9. The van der Waals surface area contributed by atoms with Crippen molar-refractivity contribution in [3.8, 4) is 28.3 Å². The van der Waals surface area contributed by atoms with Gasteiger partial charge in [-0.25, -0.2) is 4.39 Å². The summed E-state index contributed by atoms with van der Waals surface area (Å²) in [5.41, 5.74) is 4.02. The van der Waals surface area contributed by atoms with Crippen molar-refractivity contribution >= 4 is 40.5 Å². The molecule has 1 unspecified atom stereocenters. The SMILES string of the molecule is CN1CCN(c2cc(Cl)c(C(=O)N3COc4c(cccc4-c4cc(N5C=C6CC5CO6)c(-c5nn[nH]n5)cc4F)C3)c(Cl)c2)CC1. The van der Waals surface area contributed by atoms with Crippen LogP contribution in [0.4, 0.5) is 15.8 Å². The molecule has 11 nitrogen and oxygen atoms in total. The molecule has 1 N–H and O–H groups in total. The number of hydrogen-bond donors (Lipinski definition) is 1. The van der Waals surface area contributed by atoms with Crippen LogP contribution in [0.5, 0.6) is 5.75 Å². The highest BCUT2D eigenvalue weighted by molar-refractivity contribution is 6.40. The first-order valence-electron chi connectivity index (χ1n) is 15.0. The van der Waals surface area contributed by atoms with Gasteiger partial charge in [-0.1, -0.05) is 41.4 Å². The molecule has 1 amide bonds. The fourth-order valence-electron chi connectivity index (χ4n) is 6.57. The third kappa shape index (κ3) is 5.01. The number of anilines is 2. The number of amides is 1. The summed E-state index contributed by atoms with van der Waals surface area (Å²) in [6.07, 6.45) is 2.71. The summed E-state index contributed by atoms with van der Waals surface area (Å²) >= 11 is 13.4. The lowest BCUT2D eigenvalue weighted by Crippen LogP contribution is -2.44. The zero-order valence-corrected chi connectivity index (χ0v) is 26.4. The third-order valence-corrected chi connectivity index (χ3v) is 9.63. The van der Waals surface area contributed by atoms with Crippen molar-refractivity contribution < 1.29 is 18.7 Å². The van der Waals surface area contributed by atoms with Gasteiger partial charge in [-0.2, -0.15) is 5.21 Å². The van der Waals surface area contributed by atoms with E-state index in [0.29, 0.717) is 39.1 Å². The third-order valence-electron chi connectivity index (χ3n) is 9.03. The molecule has 236 valence electrons. The van der Waals surface area contributed by atoms with E-state index in [1.165, 1.54) is 6.07 Å². The normalized spacial score (nSPS) is 19.2. The van der Waals surface area contributed by atoms with E-state index >= 15 is 4.39 Å². The molecule has 0 spiro atoms. The molecule has 5 heterocycles. The highest BCUT2D eigenvalue weighted by Crippen LogP contribution is 2.45. The van der Waals surface area contributed by atoms with Gasteiger partial charge in [0.25, 0.3) is 5.91 Å². The molecule has 4 aliphatic heterocycles. The van der Waals surface area contributed by atoms with Crippen LogP contribution < -0.4 is 14.5 Å². The topological polar surface area (TPSA) is 103 Å². The Morgan fingerprint density at radius 1 is 1.02 bits per heavy atom. The Bertz CT molecular complexity index is 1860. The summed E-state index contributed by atoms with van der Waals surface area (Å²) in [6.45, 7) is 4.30. The highest BCUT2D eigenvalue weighted by atomic mass is 35.5. The number of carbonyl (C=O) groups excluding carboxylic acids is 1. The van der Waals surface area contributed by atoms with Gasteiger partial charge in [0.15, 0.2) is 6.73 Å². The molecule has 2 fully saturated rings. The summed E-state index contributed by atoms with van der Waals surface area (Å²) in [7, 11) is 2.09. The molecule has 0 saturated carbocycles. The predicted octanol–water partition coefficient (Wildman–Crippen LogP) is 5.17. The summed E-state index contributed by atoms with van der Waals surface area (Å²) in [4.78, 5) is 21.8. The minimum Gasteiger partial charge on any atom is -0.494 e. The average Bonchev–Trinajstić information content (AvgIpc) is 3.84. The zero-order chi connectivity index (χ0) is 31.5. The van der Waals surface area contributed by atoms with Crippen molar-refractivity contribution in [1.29, 1.82) is 0 Å². The quantitative estimate of drug-likeness (QED) is 0.310. The van der Waals surface area contributed by atoms with Crippen LogP contribution in [0.2, 0.25) is 10.0 Å². The van der Waals surface area contributed by atoms with Crippen molar-refractivity contribution in [2.45, 2.75) is 19.0 Å². The number of likely N-dealkylation sites (N-methyl/N-ethyl adjacent to an activating group) is 1. The van der Waals surface area contributed by atoms with Crippen LogP contribution in [-0.2, 0) is 11.3 Å². The molecular formula is C32H29Cl2FN8O3. The van der Waals surface area contributed by atoms with Gasteiger partial charge >= 0.3 is 0 Å². The van der Waals surface area contributed by atoms with Crippen LogP contribution in [0.3, 0.4) is 0 Å². The molecular weight excluding hydrogens is 634 g/mol. The van der Waals surface area contributed by atoms with Crippen LogP contribution in [0.15, 0.2) is 54.4 Å². The second-order valence-corrected chi connectivity index (χ2v) is 12.7. The molecule has 4 aliphatic rings. The number of nitrogens with zero attached hydrogens (tertiary/aromatic N) is 7. The number of nitrogens with one attached hydrogen (secondary N) is 1. The average molecular weight is 664 g/mol. The van der Waals surface area contributed by atoms with E-state index in [9.17, 15) is 4.79 Å². The minimum atomic E-state index is -0.466. The summed E-state index contributed by atoms with van der Waals surface area (Å²) in [6, 6.07) is 12.4. The van der Waals surface area contributed by atoms with E-state index in [4.69, 9.17) is 32.7 Å². The minimum absolute atomic E-state index is 0.0528. The molecule has 14 heteroatoms. The van der Waals surface area contributed by atoms with Crippen molar-refractivity contribution in [2.75, 3.05) is 56.4 Å². The number of H-pyrrole nitrogens is 1. The molecule has 1 aromatic heterocycles. The predicted molar refractivity (Wildman–Crippen MR) is 171 cm³/mol. The number of fused-ring (bicyclic) bond motifs is 3. The number of rotatable bonds is 5. The van der Waals surface area contributed by atoms with Gasteiger partial charge in [0.2, 0.25) is 5.82 Å². The Hall–Kier alpha value is -4.39. The zero-order valence-electron chi connectivity index (χ0n) is 24.8. The van der Waals surface area contributed by atoms with E-state index < -0.39 is 5.82 Å². The maximum absolute atomic E-state index is 16.0. The van der Waals surface area contributed by atoms with Crippen molar-refractivity contribution in [3.05, 3.63) is 81.4 Å². The number of ether oxygens (including phenoxy) is 2. The van der Waals surface area contributed by atoms with Crippen molar-refractivity contribution in [1.82, 2.24) is 30.4 Å². The number of tetrazole rings is 1. The molecule has 1 atom stereocenters. The number of hydrogen-bond acceptors (Lipinski definition) is 9. The van der Waals surface area contributed by atoms with Crippen LogP contribution in [0.1, 0.15) is 22.3 Å². The number of aromatic amines is 1. The standard InChI is InChI=1S/C32H29Cl2FN8O3/c1-40-5-7-41(8-6-40)19-10-25(33)29(26(34)11-19)32(44)42-14-18-3-2-4-22(30(18)46-17-42)23-13-28(43-15-21-9-20(43)16-45-21)24(12-27(23)35)31-36-38-39-37-31/h2-4,10-13,15,20H,5-9,14,16-17H2,1H3,(H,36,37,38,39). The fraction of sp³-hybridized carbons (Fsp3) is 0.312. The lowest BCUT2D eigenvalue weighted by molar-refractivity contribution is 0.0516. The molecule has 0 aliphatic carbocycles. The van der Waals surface area contributed by atoms with Gasteiger partial charge in [-0.05, 0) is 36.5 Å². The molecule has 4 aromatic rings. The van der Waals surface area contributed by atoms with E-state index in [1.54, 1.807) is 23.1 Å². The van der Waals surface area contributed by atoms with Gasteiger partial charge in [0, 0.05) is 66.7 Å². The van der Waals surface area contributed by atoms with Gasteiger partial charge in [-0.15, -0.1) is 10.2 Å². The summed E-state index contributed by atoms with van der Waals surface area (Å²) < 4.78 is 27.8. The van der Waals surface area contributed by atoms with Gasteiger partial charge in [0.1, 0.15) is 23.9 Å². The van der Waals surface area contributed by atoms with Crippen LogP contribution in [-0.4, -0.2) is 88.9 Å². The van der Waals surface area contributed by atoms with Crippen molar-refractivity contribution in [3.63, 3.8) is 0 Å². The lowest BCUT2D eigenvalue weighted by atomic mass is 9.96. The lowest BCUT2D eigenvalue weighted by Gasteiger charge is -2.34. The van der Waals surface area contributed by atoms with Gasteiger partial charge in [-0.3, -0.25) is 4.79 Å². The van der Waals surface area contributed by atoms with E-state index in [0.717, 1.165) is 55.3 Å².